The number of nitrogens with one attached hydrogen (secondary N) is 1. The van der Waals surface area contributed by atoms with Crippen molar-refractivity contribution in [1.82, 2.24) is 15.3 Å². The molecule has 0 bridgehead atoms. The van der Waals surface area contributed by atoms with Crippen LogP contribution in [-0.4, -0.2) is 29.0 Å². The van der Waals surface area contributed by atoms with Crippen molar-refractivity contribution in [2.75, 3.05) is 18.0 Å². The standard InChI is InChI=1S/C22H21ClN4O/c23-18-11-5-4-10-17(18)15-24-22(28)19-14-20(27-12-6-7-13-27)26-21(25-19)16-8-2-1-3-9-16/h1-5,8-11,14H,6-7,12-13,15H2,(H,24,28). The molecule has 5 nitrogen and oxygen atoms in total. The fourth-order valence-corrected chi connectivity index (χ4v) is 3.49. The molecule has 1 fully saturated rings. The Balaban J connectivity index is 1.62. The first kappa shape index (κ1) is 18.4. The summed E-state index contributed by atoms with van der Waals surface area (Å²) in [6, 6.07) is 19.0. The van der Waals surface area contributed by atoms with Gasteiger partial charge in [0.2, 0.25) is 0 Å². The van der Waals surface area contributed by atoms with Crippen molar-refractivity contribution in [3.05, 3.63) is 76.9 Å². The Morgan fingerprint density at radius 1 is 1.00 bits per heavy atom. The second-order valence-electron chi connectivity index (χ2n) is 6.77. The zero-order chi connectivity index (χ0) is 19.3. The Labute approximate surface area is 169 Å². The SMILES string of the molecule is O=C(NCc1ccccc1Cl)c1cc(N2CCCC2)nc(-c2ccccc2)n1. The minimum atomic E-state index is -0.236. The van der Waals surface area contributed by atoms with Gasteiger partial charge in [0, 0.05) is 36.3 Å². The lowest BCUT2D eigenvalue weighted by Crippen LogP contribution is -2.26. The van der Waals surface area contributed by atoms with E-state index in [4.69, 9.17) is 16.6 Å². The molecule has 1 aromatic heterocycles. The summed E-state index contributed by atoms with van der Waals surface area (Å²) in [4.78, 5) is 24.3. The van der Waals surface area contributed by atoms with Gasteiger partial charge >= 0.3 is 0 Å². The molecule has 0 spiro atoms. The summed E-state index contributed by atoms with van der Waals surface area (Å²) in [5.41, 5.74) is 2.13. The predicted molar refractivity (Wildman–Crippen MR) is 112 cm³/mol. The Morgan fingerprint density at radius 3 is 2.46 bits per heavy atom. The third-order valence-corrected chi connectivity index (χ3v) is 5.17. The molecule has 2 aromatic carbocycles. The van der Waals surface area contributed by atoms with Gasteiger partial charge in [0.15, 0.2) is 5.82 Å². The molecular formula is C22H21ClN4O. The molecular weight excluding hydrogens is 372 g/mol. The van der Waals surface area contributed by atoms with Crippen LogP contribution in [-0.2, 0) is 6.54 Å². The maximum atomic E-state index is 12.8. The maximum absolute atomic E-state index is 12.8. The first-order chi connectivity index (χ1) is 13.7. The second kappa shape index (κ2) is 8.40. The van der Waals surface area contributed by atoms with Gasteiger partial charge in [-0.1, -0.05) is 60.1 Å². The van der Waals surface area contributed by atoms with Gasteiger partial charge in [0.1, 0.15) is 11.5 Å². The molecule has 1 aliphatic heterocycles. The van der Waals surface area contributed by atoms with Crippen LogP contribution in [0.4, 0.5) is 5.82 Å². The number of aromatic nitrogens is 2. The highest BCUT2D eigenvalue weighted by Gasteiger charge is 2.19. The van der Waals surface area contributed by atoms with Gasteiger partial charge in [0.05, 0.1) is 0 Å². The maximum Gasteiger partial charge on any atom is 0.270 e. The average Bonchev–Trinajstić information content (AvgIpc) is 3.28. The van der Waals surface area contributed by atoms with Crippen molar-refractivity contribution in [2.45, 2.75) is 19.4 Å². The molecule has 0 unspecified atom stereocenters. The molecule has 0 atom stereocenters. The number of hydrogen-bond acceptors (Lipinski definition) is 4. The monoisotopic (exact) mass is 392 g/mol. The van der Waals surface area contributed by atoms with E-state index in [1.54, 1.807) is 6.07 Å². The van der Waals surface area contributed by atoms with E-state index in [1.807, 2.05) is 54.6 Å². The lowest BCUT2D eigenvalue weighted by Gasteiger charge is -2.18. The lowest BCUT2D eigenvalue weighted by molar-refractivity contribution is 0.0946. The Bertz CT molecular complexity index is 971. The molecule has 0 radical (unpaired) electrons. The number of rotatable bonds is 5. The first-order valence-electron chi connectivity index (χ1n) is 9.42. The van der Waals surface area contributed by atoms with Crippen LogP contribution in [0.25, 0.3) is 11.4 Å². The lowest BCUT2D eigenvalue weighted by atomic mass is 10.2. The van der Waals surface area contributed by atoms with Gasteiger partial charge in [-0.15, -0.1) is 0 Å². The molecule has 0 saturated carbocycles. The molecule has 3 aromatic rings. The quantitative estimate of drug-likeness (QED) is 0.702. The van der Waals surface area contributed by atoms with Crippen molar-refractivity contribution < 1.29 is 4.79 Å². The van der Waals surface area contributed by atoms with E-state index < -0.39 is 0 Å². The third-order valence-electron chi connectivity index (χ3n) is 4.80. The highest BCUT2D eigenvalue weighted by Crippen LogP contribution is 2.23. The summed E-state index contributed by atoms with van der Waals surface area (Å²) in [6.07, 6.45) is 2.28. The third kappa shape index (κ3) is 4.15. The van der Waals surface area contributed by atoms with Crippen LogP contribution in [0.1, 0.15) is 28.9 Å². The van der Waals surface area contributed by atoms with E-state index in [-0.39, 0.29) is 5.91 Å². The molecule has 4 rings (SSSR count). The van der Waals surface area contributed by atoms with E-state index in [0.29, 0.717) is 23.1 Å². The Hall–Kier alpha value is -2.92. The van der Waals surface area contributed by atoms with Crippen molar-refractivity contribution >= 4 is 23.3 Å². The summed E-state index contributed by atoms with van der Waals surface area (Å²) >= 11 is 6.19. The molecule has 28 heavy (non-hydrogen) atoms. The van der Waals surface area contributed by atoms with Crippen molar-refractivity contribution in [2.24, 2.45) is 0 Å². The highest BCUT2D eigenvalue weighted by molar-refractivity contribution is 6.31. The average molecular weight is 393 g/mol. The van der Waals surface area contributed by atoms with Crippen LogP contribution in [0, 0.1) is 0 Å². The molecule has 2 heterocycles. The van der Waals surface area contributed by atoms with Gasteiger partial charge in [-0.05, 0) is 24.5 Å². The van der Waals surface area contributed by atoms with Crippen LogP contribution < -0.4 is 10.2 Å². The number of amides is 1. The fraction of sp³-hybridized carbons (Fsp3) is 0.227. The van der Waals surface area contributed by atoms with Crippen LogP contribution >= 0.6 is 11.6 Å². The number of benzene rings is 2. The number of anilines is 1. The number of nitrogens with zero attached hydrogens (tertiary/aromatic N) is 3. The van der Waals surface area contributed by atoms with E-state index >= 15 is 0 Å². The van der Waals surface area contributed by atoms with Gasteiger partial charge in [0.25, 0.3) is 5.91 Å². The van der Waals surface area contributed by atoms with Crippen LogP contribution in [0.3, 0.4) is 0 Å². The topological polar surface area (TPSA) is 58.1 Å². The summed E-state index contributed by atoms with van der Waals surface area (Å²) in [7, 11) is 0. The Kier molecular flexibility index (Phi) is 5.53. The smallest absolute Gasteiger partial charge is 0.270 e. The zero-order valence-electron chi connectivity index (χ0n) is 15.4. The molecule has 6 heteroatoms. The van der Waals surface area contributed by atoms with Crippen LogP contribution in [0.15, 0.2) is 60.7 Å². The van der Waals surface area contributed by atoms with E-state index in [9.17, 15) is 4.79 Å². The Morgan fingerprint density at radius 2 is 1.71 bits per heavy atom. The van der Waals surface area contributed by atoms with Crippen LogP contribution in [0.2, 0.25) is 5.02 Å². The predicted octanol–water partition coefficient (Wildman–Crippen LogP) is 4.33. The molecule has 1 amide bonds. The fourth-order valence-electron chi connectivity index (χ4n) is 3.28. The molecule has 1 saturated heterocycles. The summed E-state index contributed by atoms with van der Waals surface area (Å²) < 4.78 is 0. The zero-order valence-corrected chi connectivity index (χ0v) is 16.2. The minimum absolute atomic E-state index is 0.236. The minimum Gasteiger partial charge on any atom is -0.356 e. The van der Waals surface area contributed by atoms with Crippen molar-refractivity contribution in [3.63, 3.8) is 0 Å². The van der Waals surface area contributed by atoms with Crippen molar-refractivity contribution in [3.8, 4) is 11.4 Å². The highest BCUT2D eigenvalue weighted by atomic mass is 35.5. The molecule has 1 aliphatic rings. The largest absolute Gasteiger partial charge is 0.356 e. The molecule has 0 aliphatic carbocycles. The summed E-state index contributed by atoms with van der Waals surface area (Å²) in [5.74, 6) is 1.13. The normalized spacial score (nSPS) is 13.5. The summed E-state index contributed by atoms with van der Waals surface area (Å²) in [6.45, 7) is 2.25. The van der Waals surface area contributed by atoms with Crippen LogP contribution in [0.5, 0.6) is 0 Å². The van der Waals surface area contributed by atoms with E-state index in [0.717, 1.165) is 42.9 Å². The number of hydrogen-bond donors (Lipinski definition) is 1. The van der Waals surface area contributed by atoms with Gasteiger partial charge < -0.3 is 10.2 Å². The van der Waals surface area contributed by atoms with Crippen molar-refractivity contribution in [1.29, 1.82) is 0 Å². The number of carbonyl (C=O) groups excluding carboxylic acids is 1. The van der Waals surface area contributed by atoms with Gasteiger partial charge in [-0.2, -0.15) is 0 Å². The second-order valence-corrected chi connectivity index (χ2v) is 7.18. The number of carbonyl (C=O) groups is 1. The van der Waals surface area contributed by atoms with Gasteiger partial charge in [-0.25, -0.2) is 9.97 Å². The summed E-state index contributed by atoms with van der Waals surface area (Å²) in [5, 5.41) is 3.55. The molecule has 142 valence electrons. The molecule has 1 N–H and O–H groups in total. The van der Waals surface area contributed by atoms with E-state index in [1.165, 1.54) is 0 Å². The number of halogens is 1. The van der Waals surface area contributed by atoms with Gasteiger partial charge in [-0.3, -0.25) is 4.79 Å². The first-order valence-corrected chi connectivity index (χ1v) is 9.79. The van der Waals surface area contributed by atoms with E-state index in [2.05, 4.69) is 15.2 Å².